The van der Waals surface area contributed by atoms with Crippen molar-refractivity contribution in [2.75, 3.05) is 55.8 Å². The fourth-order valence-electron chi connectivity index (χ4n) is 4.08. The van der Waals surface area contributed by atoms with E-state index >= 15 is 0 Å². The average Bonchev–Trinajstić information content (AvgIpc) is 2.81. The number of ether oxygens (including phenoxy) is 1. The summed E-state index contributed by atoms with van der Waals surface area (Å²) in [7, 11) is -3.53. The fourth-order valence-corrected chi connectivity index (χ4v) is 5.74. The second kappa shape index (κ2) is 10.5. The summed E-state index contributed by atoms with van der Waals surface area (Å²) in [6.07, 6.45) is 0. The summed E-state index contributed by atoms with van der Waals surface area (Å²) >= 11 is 0. The number of nitrogens with one attached hydrogen (secondary N) is 3. The van der Waals surface area contributed by atoms with Gasteiger partial charge in [-0.2, -0.15) is 0 Å². The van der Waals surface area contributed by atoms with Gasteiger partial charge in [-0.15, -0.1) is 0 Å². The summed E-state index contributed by atoms with van der Waals surface area (Å²) < 4.78 is 30.8. The first kappa shape index (κ1) is 24.2. The molecule has 4 rings (SSSR count). The molecular formula is C24H30N4O5S. The smallest absolute Gasteiger partial charge is 0.251 e. The van der Waals surface area contributed by atoms with Gasteiger partial charge in [-0.1, -0.05) is 24.3 Å². The van der Waals surface area contributed by atoms with E-state index in [4.69, 9.17) is 4.74 Å². The Kier molecular flexibility index (Phi) is 7.50. The van der Waals surface area contributed by atoms with Gasteiger partial charge in [0, 0.05) is 31.7 Å². The molecule has 2 aliphatic heterocycles. The zero-order chi connectivity index (χ0) is 24.1. The van der Waals surface area contributed by atoms with Crippen LogP contribution in [0.2, 0.25) is 0 Å². The molecule has 34 heavy (non-hydrogen) atoms. The average molecular weight is 487 g/mol. The minimum absolute atomic E-state index is 0.123. The van der Waals surface area contributed by atoms with Crippen LogP contribution in [0.25, 0.3) is 0 Å². The maximum absolute atomic E-state index is 12.8. The molecule has 10 heteroatoms. The number of anilines is 2. The lowest BCUT2D eigenvalue weighted by atomic mass is 10.1. The highest BCUT2D eigenvalue weighted by Crippen LogP contribution is 2.28. The monoisotopic (exact) mass is 486 g/mol. The standard InChI is InChI=1S/C24H30N4O5S/c1-17-4-2-3-5-19(17)15-34(31,32)16-22-24(30)27-21-14-18(6-7-20(21)26-22)23(29)25-8-9-28-10-12-33-13-11-28/h2-7,14,22,26H,8-13,15-16H2,1H3,(H,25,29)(H,27,30)/t22-/m0/s1. The van der Waals surface area contributed by atoms with Gasteiger partial charge >= 0.3 is 0 Å². The molecule has 2 aliphatic rings. The van der Waals surface area contributed by atoms with E-state index in [1.165, 1.54) is 0 Å². The Bertz CT molecular complexity index is 1160. The van der Waals surface area contributed by atoms with Gasteiger partial charge in [0.2, 0.25) is 5.91 Å². The van der Waals surface area contributed by atoms with Gasteiger partial charge in [0.15, 0.2) is 9.84 Å². The highest BCUT2D eigenvalue weighted by atomic mass is 32.2. The number of hydrogen-bond acceptors (Lipinski definition) is 7. The number of benzene rings is 2. The zero-order valence-electron chi connectivity index (χ0n) is 19.2. The Hall–Kier alpha value is -2.95. The number of sulfone groups is 1. The fraction of sp³-hybridized carbons (Fsp3) is 0.417. The van der Waals surface area contributed by atoms with Crippen LogP contribution in [0.3, 0.4) is 0 Å². The van der Waals surface area contributed by atoms with Crippen LogP contribution in [0, 0.1) is 6.92 Å². The molecular weight excluding hydrogens is 456 g/mol. The lowest BCUT2D eigenvalue weighted by Gasteiger charge is -2.27. The molecule has 2 aromatic carbocycles. The molecule has 2 amide bonds. The number of fused-ring (bicyclic) bond motifs is 1. The second-order valence-electron chi connectivity index (χ2n) is 8.64. The Morgan fingerprint density at radius 2 is 1.91 bits per heavy atom. The highest BCUT2D eigenvalue weighted by Gasteiger charge is 2.31. The first-order valence-electron chi connectivity index (χ1n) is 11.4. The largest absolute Gasteiger partial charge is 0.379 e. The minimum Gasteiger partial charge on any atom is -0.379 e. The first-order valence-corrected chi connectivity index (χ1v) is 13.2. The van der Waals surface area contributed by atoms with E-state index in [1.54, 1.807) is 30.3 Å². The molecule has 1 fully saturated rings. The summed E-state index contributed by atoms with van der Waals surface area (Å²) in [6, 6.07) is 11.3. The predicted octanol–water partition coefficient (Wildman–Crippen LogP) is 1.40. The van der Waals surface area contributed by atoms with E-state index in [9.17, 15) is 18.0 Å². The van der Waals surface area contributed by atoms with Crippen molar-refractivity contribution in [3.05, 3.63) is 59.2 Å². The molecule has 2 heterocycles. The Morgan fingerprint density at radius 1 is 1.15 bits per heavy atom. The van der Waals surface area contributed by atoms with Gasteiger partial charge in [0.05, 0.1) is 36.1 Å². The molecule has 0 radical (unpaired) electrons. The van der Waals surface area contributed by atoms with Gasteiger partial charge in [-0.05, 0) is 36.2 Å². The summed E-state index contributed by atoms with van der Waals surface area (Å²) in [4.78, 5) is 27.4. The summed E-state index contributed by atoms with van der Waals surface area (Å²) in [5, 5.41) is 8.65. The van der Waals surface area contributed by atoms with Gasteiger partial charge in [0.1, 0.15) is 6.04 Å². The van der Waals surface area contributed by atoms with E-state index in [1.807, 2.05) is 19.1 Å². The van der Waals surface area contributed by atoms with E-state index in [2.05, 4.69) is 20.9 Å². The predicted molar refractivity (Wildman–Crippen MR) is 131 cm³/mol. The first-order chi connectivity index (χ1) is 16.3. The van der Waals surface area contributed by atoms with E-state index in [0.717, 1.165) is 30.8 Å². The Labute approximate surface area is 199 Å². The normalized spacial score (nSPS) is 18.5. The number of amides is 2. The highest BCUT2D eigenvalue weighted by molar-refractivity contribution is 7.90. The molecule has 9 nitrogen and oxygen atoms in total. The van der Waals surface area contributed by atoms with Crippen molar-refractivity contribution in [1.29, 1.82) is 0 Å². The zero-order valence-corrected chi connectivity index (χ0v) is 20.0. The summed E-state index contributed by atoms with van der Waals surface area (Å²) in [5.41, 5.74) is 3.09. The van der Waals surface area contributed by atoms with Crippen molar-refractivity contribution in [2.45, 2.75) is 18.7 Å². The van der Waals surface area contributed by atoms with Gasteiger partial charge in [-0.25, -0.2) is 8.42 Å². The SMILES string of the molecule is Cc1ccccc1CS(=O)(=O)C[C@@H]1Nc2ccc(C(=O)NCCN3CCOCC3)cc2NC1=O. The molecule has 0 bridgehead atoms. The maximum atomic E-state index is 12.8. The number of carbonyl (C=O) groups excluding carboxylic acids is 2. The van der Waals surface area contributed by atoms with Crippen molar-refractivity contribution in [2.24, 2.45) is 0 Å². The van der Waals surface area contributed by atoms with Crippen LogP contribution in [0.1, 0.15) is 21.5 Å². The van der Waals surface area contributed by atoms with Crippen LogP contribution < -0.4 is 16.0 Å². The van der Waals surface area contributed by atoms with Crippen molar-refractivity contribution in [3.63, 3.8) is 0 Å². The molecule has 1 saturated heterocycles. The number of hydrogen-bond donors (Lipinski definition) is 3. The summed E-state index contributed by atoms with van der Waals surface area (Å²) in [6.45, 7) is 6.25. The molecule has 1 atom stereocenters. The Morgan fingerprint density at radius 3 is 2.68 bits per heavy atom. The van der Waals surface area contributed by atoms with Gasteiger partial charge in [-0.3, -0.25) is 14.5 Å². The second-order valence-corrected chi connectivity index (χ2v) is 10.7. The number of morpholine rings is 1. The number of aryl methyl sites for hydroxylation is 1. The van der Waals surface area contributed by atoms with Crippen LogP contribution in [-0.2, 0) is 25.1 Å². The van der Waals surface area contributed by atoms with Crippen LogP contribution in [0.15, 0.2) is 42.5 Å². The molecule has 0 aliphatic carbocycles. The number of carbonyl (C=O) groups is 2. The van der Waals surface area contributed by atoms with Gasteiger partial charge < -0.3 is 20.7 Å². The van der Waals surface area contributed by atoms with Crippen LogP contribution in [0.5, 0.6) is 0 Å². The van der Waals surface area contributed by atoms with Crippen LogP contribution in [-0.4, -0.2) is 76.3 Å². The molecule has 0 saturated carbocycles. The van der Waals surface area contributed by atoms with Crippen LogP contribution >= 0.6 is 0 Å². The quantitative estimate of drug-likeness (QED) is 0.516. The third-order valence-corrected chi connectivity index (χ3v) is 7.65. The molecule has 0 spiro atoms. The third-order valence-electron chi connectivity index (χ3n) is 6.06. The molecule has 0 unspecified atom stereocenters. The number of rotatable bonds is 8. The molecule has 2 aromatic rings. The minimum atomic E-state index is -3.53. The van der Waals surface area contributed by atoms with Crippen molar-refractivity contribution >= 4 is 33.0 Å². The molecule has 182 valence electrons. The van der Waals surface area contributed by atoms with E-state index in [-0.39, 0.29) is 17.4 Å². The lowest BCUT2D eigenvalue weighted by Crippen LogP contribution is -2.44. The van der Waals surface area contributed by atoms with E-state index < -0.39 is 21.8 Å². The van der Waals surface area contributed by atoms with Crippen molar-refractivity contribution in [1.82, 2.24) is 10.2 Å². The lowest BCUT2D eigenvalue weighted by molar-refractivity contribution is -0.116. The molecule has 3 N–H and O–H groups in total. The third kappa shape index (κ3) is 6.13. The maximum Gasteiger partial charge on any atom is 0.251 e. The number of nitrogens with zero attached hydrogens (tertiary/aromatic N) is 1. The van der Waals surface area contributed by atoms with E-state index in [0.29, 0.717) is 36.7 Å². The van der Waals surface area contributed by atoms with Gasteiger partial charge in [0.25, 0.3) is 5.91 Å². The Balaban J connectivity index is 1.35. The topological polar surface area (TPSA) is 117 Å². The van der Waals surface area contributed by atoms with Crippen LogP contribution in [0.4, 0.5) is 11.4 Å². The van der Waals surface area contributed by atoms with Crippen molar-refractivity contribution in [3.8, 4) is 0 Å². The van der Waals surface area contributed by atoms with Crippen molar-refractivity contribution < 1.29 is 22.7 Å². The summed E-state index contributed by atoms with van der Waals surface area (Å²) in [5.74, 6) is -1.11. The molecule has 0 aromatic heterocycles.